The van der Waals surface area contributed by atoms with Gasteiger partial charge in [0.05, 0.1) is 24.5 Å². The molecule has 6 heteroatoms. The Kier molecular flexibility index (Phi) is 7.17. The minimum Gasteiger partial charge on any atom is -0.461 e. The number of aliphatic hydroxyl groups is 2. The number of rotatable bonds is 5. The molecule has 0 saturated carbocycles. The molecule has 2 rings (SSSR count). The first kappa shape index (κ1) is 20.4. The Bertz CT molecular complexity index is 618. The first-order chi connectivity index (χ1) is 12.4. The zero-order valence-corrected chi connectivity index (χ0v) is 15.4. The van der Waals surface area contributed by atoms with Gasteiger partial charge in [-0.05, 0) is 42.9 Å². The van der Waals surface area contributed by atoms with E-state index in [1.165, 1.54) is 0 Å². The molecule has 1 saturated heterocycles. The lowest BCUT2D eigenvalue weighted by Gasteiger charge is -2.24. The van der Waals surface area contributed by atoms with E-state index >= 15 is 0 Å². The highest BCUT2D eigenvalue weighted by molar-refractivity contribution is 5.91. The number of hydrogen-bond acceptors (Lipinski definition) is 6. The molecule has 0 radical (unpaired) electrons. The molecular formula is C20H28O6. The summed E-state index contributed by atoms with van der Waals surface area (Å²) in [5.74, 6) is -1.54. The minimum absolute atomic E-state index is 0.108. The van der Waals surface area contributed by atoms with Gasteiger partial charge in [0.25, 0.3) is 0 Å². The van der Waals surface area contributed by atoms with E-state index in [2.05, 4.69) is 6.58 Å². The fraction of sp³-hybridized carbons (Fsp3) is 0.600. The Morgan fingerprint density at radius 2 is 2.19 bits per heavy atom. The van der Waals surface area contributed by atoms with E-state index < -0.39 is 24.1 Å². The normalized spacial score (nSPS) is 31.8. The third kappa shape index (κ3) is 4.83. The second kappa shape index (κ2) is 9.14. The highest BCUT2D eigenvalue weighted by Gasteiger charge is 2.42. The standard InChI is InChI=1S/C20H28O6/c1-4-12(2)19(23)25-11-15-7-5-6-14(10-21)9-17-18(16(22)8-15)13(3)20(24)26-17/h7,9,12,16-18,21-22H,3-6,8,10-11H2,1-2H3/b14-9-,15-7-/t12?,16-,17-,18-/m1/s1. The fourth-order valence-corrected chi connectivity index (χ4v) is 3.17. The molecule has 26 heavy (non-hydrogen) atoms. The lowest BCUT2D eigenvalue weighted by Crippen LogP contribution is -2.30. The number of hydrogen-bond donors (Lipinski definition) is 2. The van der Waals surface area contributed by atoms with Crippen molar-refractivity contribution in [2.45, 2.75) is 51.7 Å². The van der Waals surface area contributed by atoms with E-state index in [4.69, 9.17) is 9.47 Å². The van der Waals surface area contributed by atoms with Crippen LogP contribution in [0, 0.1) is 11.8 Å². The molecule has 4 atom stereocenters. The molecule has 0 amide bonds. The topological polar surface area (TPSA) is 93.1 Å². The van der Waals surface area contributed by atoms with E-state index in [0.29, 0.717) is 19.3 Å². The van der Waals surface area contributed by atoms with Crippen molar-refractivity contribution in [3.05, 3.63) is 35.5 Å². The van der Waals surface area contributed by atoms with Gasteiger partial charge in [-0.1, -0.05) is 26.5 Å². The Morgan fingerprint density at radius 1 is 1.46 bits per heavy atom. The van der Waals surface area contributed by atoms with Crippen molar-refractivity contribution in [3.63, 3.8) is 0 Å². The zero-order valence-electron chi connectivity index (χ0n) is 15.4. The van der Waals surface area contributed by atoms with E-state index in [9.17, 15) is 19.8 Å². The number of allylic oxidation sites excluding steroid dienone is 1. The number of fused-ring (bicyclic) bond motifs is 1. The average molecular weight is 364 g/mol. The average Bonchev–Trinajstić information content (AvgIpc) is 2.90. The van der Waals surface area contributed by atoms with Crippen LogP contribution in [0.3, 0.4) is 0 Å². The molecule has 6 nitrogen and oxygen atoms in total. The highest BCUT2D eigenvalue weighted by Crippen LogP contribution is 2.34. The van der Waals surface area contributed by atoms with Gasteiger partial charge in [0.15, 0.2) is 0 Å². The fourth-order valence-electron chi connectivity index (χ4n) is 3.17. The van der Waals surface area contributed by atoms with Crippen LogP contribution >= 0.6 is 0 Å². The second-order valence-corrected chi connectivity index (χ2v) is 6.99. The summed E-state index contributed by atoms with van der Waals surface area (Å²) < 4.78 is 10.7. The molecule has 0 spiro atoms. The van der Waals surface area contributed by atoms with Crippen molar-refractivity contribution < 1.29 is 29.3 Å². The van der Waals surface area contributed by atoms with Gasteiger partial charge in [0.2, 0.25) is 0 Å². The third-order valence-corrected chi connectivity index (χ3v) is 5.06. The maximum absolute atomic E-state index is 11.9. The van der Waals surface area contributed by atoms with Gasteiger partial charge in [0, 0.05) is 5.57 Å². The lowest BCUT2D eigenvalue weighted by molar-refractivity contribution is -0.147. The summed E-state index contributed by atoms with van der Waals surface area (Å²) in [6.07, 6.45) is 4.34. The summed E-state index contributed by atoms with van der Waals surface area (Å²) in [7, 11) is 0. The summed E-state index contributed by atoms with van der Waals surface area (Å²) >= 11 is 0. The quantitative estimate of drug-likeness (QED) is 0.441. The molecule has 1 heterocycles. The molecule has 1 aliphatic carbocycles. The highest BCUT2D eigenvalue weighted by atomic mass is 16.6. The maximum atomic E-state index is 11.9. The van der Waals surface area contributed by atoms with Crippen LogP contribution in [0.15, 0.2) is 35.5 Å². The maximum Gasteiger partial charge on any atom is 0.334 e. The predicted molar refractivity (Wildman–Crippen MR) is 96.0 cm³/mol. The first-order valence-electron chi connectivity index (χ1n) is 9.10. The molecule has 1 aliphatic heterocycles. The van der Waals surface area contributed by atoms with Crippen LogP contribution in [0.2, 0.25) is 0 Å². The van der Waals surface area contributed by atoms with E-state index in [0.717, 1.165) is 11.1 Å². The lowest BCUT2D eigenvalue weighted by atomic mass is 9.85. The van der Waals surface area contributed by atoms with Gasteiger partial charge in [-0.3, -0.25) is 4.79 Å². The minimum atomic E-state index is -0.887. The van der Waals surface area contributed by atoms with Crippen molar-refractivity contribution in [3.8, 4) is 0 Å². The number of carbonyl (C=O) groups excluding carboxylic acids is 2. The van der Waals surface area contributed by atoms with Crippen LogP contribution in [0.5, 0.6) is 0 Å². The molecule has 1 fully saturated rings. The predicted octanol–water partition coefficient (Wildman–Crippen LogP) is 2.06. The van der Waals surface area contributed by atoms with Crippen LogP contribution in [-0.4, -0.2) is 47.6 Å². The molecular weight excluding hydrogens is 336 g/mol. The molecule has 0 aromatic heterocycles. The van der Waals surface area contributed by atoms with Crippen LogP contribution in [0.1, 0.15) is 39.5 Å². The summed E-state index contributed by atoms with van der Waals surface area (Å²) in [6, 6.07) is 0. The number of carbonyl (C=O) groups is 2. The van der Waals surface area contributed by atoms with Crippen LogP contribution < -0.4 is 0 Å². The summed E-state index contributed by atoms with van der Waals surface area (Å²) in [5.41, 5.74) is 1.76. The molecule has 0 bridgehead atoms. The molecule has 2 aliphatic rings. The van der Waals surface area contributed by atoms with Gasteiger partial charge in [0.1, 0.15) is 12.7 Å². The number of esters is 2. The Hall–Kier alpha value is -1.92. The summed E-state index contributed by atoms with van der Waals surface area (Å²) in [6.45, 7) is 7.45. The molecule has 0 aromatic rings. The largest absolute Gasteiger partial charge is 0.461 e. The number of ether oxygens (including phenoxy) is 2. The Balaban J connectivity index is 2.17. The molecule has 2 N–H and O–H groups in total. The molecule has 1 unspecified atom stereocenters. The van der Waals surface area contributed by atoms with Crippen molar-refractivity contribution >= 4 is 11.9 Å². The van der Waals surface area contributed by atoms with Crippen LogP contribution in [0.4, 0.5) is 0 Å². The van der Waals surface area contributed by atoms with Gasteiger partial charge in [-0.15, -0.1) is 0 Å². The Morgan fingerprint density at radius 3 is 2.85 bits per heavy atom. The SMILES string of the molecule is C=C1C(=O)O[C@@H]2/C=C(\CO)CC/C=C(\COC(=O)C(C)CC)C[C@@H](O)[C@@H]12. The summed E-state index contributed by atoms with van der Waals surface area (Å²) in [5, 5.41) is 20.2. The number of aliphatic hydroxyl groups excluding tert-OH is 2. The van der Waals surface area contributed by atoms with Crippen LogP contribution in [-0.2, 0) is 19.1 Å². The van der Waals surface area contributed by atoms with Crippen LogP contribution in [0.25, 0.3) is 0 Å². The first-order valence-corrected chi connectivity index (χ1v) is 9.10. The smallest absolute Gasteiger partial charge is 0.334 e. The Labute approximate surface area is 154 Å². The van der Waals surface area contributed by atoms with E-state index in [-0.39, 0.29) is 37.1 Å². The molecule has 0 aromatic carbocycles. The molecule has 144 valence electrons. The second-order valence-electron chi connectivity index (χ2n) is 6.99. The van der Waals surface area contributed by atoms with Crippen molar-refractivity contribution in [2.75, 3.05) is 13.2 Å². The van der Waals surface area contributed by atoms with Gasteiger partial charge in [-0.25, -0.2) is 4.79 Å². The van der Waals surface area contributed by atoms with Crippen molar-refractivity contribution in [2.24, 2.45) is 11.8 Å². The third-order valence-electron chi connectivity index (χ3n) is 5.06. The van der Waals surface area contributed by atoms with Crippen molar-refractivity contribution in [1.29, 1.82) is 0 Å². The van der Waals surface area contributed by atoms with Gasteiger partial charge in [-0.2, -0.15) is 0 Å². The van der Waals surface area contributed by atoms with Gasteiger partial charge < -0.3 is 19.7 Å². The van der Waals surface area contributed by atoms with E-state index in [1.54, 1.807) is 6.08 Å². The monoisotopic (exact) mass is 364 g/mol. The zero-order chi connectivity index (χ0) is 19.3. The van der Waals surface area contributed by atoms with Crippen molar-refractivity contribution in [1.82, 2.24) is 0 Å². The van der Waals surface area contributed by atoms with Gasteiger partial charge >= 0.3 is 11.9 Å². The summed E-state index contributed by atoms with van der Waals surface area (Å²) in [4.78, 5) is 23.8. The van der Waals surface area contributed by atoms with E-state index in [1.807, 2.05) is 19.9 Å².